The second-order valence-electron chi connectivity index (χ2n) is 8.52. The van der Waals surface area contributed by atoms with Crippen LogP contribution in [0, 0.1) is 11.7 Å². The highest BCUT2D eigenvalue weighted by Gasteiger charge is 2.33. The fraction of sp³-hybridized carbons (Fsp3) is 0.240. The number of hydrogen-bond acceptors (Lipinski definition) is 5. The Bertz CT molecular complexity index is 1420. The summed E-state index contributed by atoms with van der Waals surface area (Å²) in [5.41, 5.74) is 1.97. The lowest BCUT2D eigenvalue weighted by Crippen LogP contribution is -2.43. The summed E-state index contributed by atoms with van der Waals surface area (Å²) in [6.45, 7) is 0.376. The molecule has 1 amide bonds. The van der Waals surface area contributed by atoms with Gasteiger partial charge in [0, 0.05) is 25.0 Å². The van der Waals surface area contributed by atoms with E-state index in [0.29, 0.717) is 25.1 Å². The minimum atomic E-state index is -3.81. The molecule has 1 aliphatic heterocycles. The van der Waals surface area contributed by atoms with Crippen molar-refractivity contribution >= 4 is 31.5 Å². The second kappa shape index (κ2) is 9.88. The molecule has 3 aromatic rings. The van der Waals surface area contributed by atoms with Crippen LogP contribution in [0.15, 0.2) is 82.6 Å². The van der Waals surface area contributed by atoms with Crippen LogP contribution in [0.3, 0.4) is 0 Å². The molecule has 0 radical (unpaired) electrons. The first kappa shape index (κ1) is 25.0. The predicted octanol–water partition coefficient (Wildman–Crippen LogP) is 3.94. The normalized spacial score (nSPS) is 17.1. The highest BCUT2D eigenvalue weighted by Crippen LogP contribution is 2.27. The van der Waals surface area contributed by atoms with Crippen molar-refractivity contribution in [2.45, 2.75) is 22.6 Å². The van der Waals surface area contributed by atoms with E-state index in [0.717, 1.165) is 17.4 Å². The van der Waals surface area contributed by atoms with Gasteiger partial charge < -0.3 is 5.32 Å². The number of nitrogens with one attached hydrogen (secondary N) is 1. The van der Waals surface area contributed by atoms with Gasteiger partial charge in [0.05, 0.1) is 15.7 Å². The van der Waals surface area contributed by atoms with Crippen molar-refractivity contribution in [1.82, 2.24) is 4.31 Å². The summed E-state index contributed by atoms with van der Waals surface area (Å²) in [4.78, 5) is 13.0. The Hall–Kier alpha value is -3.08. The molecule has 0 saturated carbocycles. The molecule has 0 unspecified atom stereocenters. The van der Waals surface area contributed by atoms with Crippen LogP contribution in [0.25, 0.3) is 11.1 Å². The molecule has 184 valence electrons. The highest BCUT2D eigenvalue weighted by molar-refractivity contribution is 7.90. The van der Waals surface area contributed by atoms with Crippen LogP contribution in [-0.2, 0) is 24.7 Å². The largest absolute Gasteiger partial charge is 0.326 e. The lowest BCUT2D eigenvalue weighted by molar-refractivity contribution is -0.120. The maximum atomic E-state index is 13.2. The van der Waals surface area contributed by atoms with Gasteiger partial charge >= 0.3 is 0 Å². The maximum absolute atomic E-state index is 13.2. The molecular weight excluding hydrogens is 491 g/mol. The standard InChI is InChI=1S/C25H25FN2O5S2/c1-34(30,31)23-12-4-18(5-13-23)19-6-14-24(15-7-19)35(32,33)28-16-2-3-20(17-28)25(29)27-22-10-8-21(26)9-11-22/h4-15,20H,2-3,16-17H2,1H3,(H,27,29)/t20-/m1/s1. The van der Waals surface area contributed by atoms with Crippen LogP contribution < -0.4 is 5.32 Å². The fourth-order valence-corrected chi connectivity index (χ4v) is 6.17. The number of carbonyl (C=O) groups is 1. The first-order valence-electron chi connectivity index (χ1n) is 11.0. The number of amides is 1. The van der Waals surface area contributed by atoms with E-state index in [1.54, 1.807) is 24.3 Å². The number of nitrogens with zero attached hydrogens (tertiary/aromatic N) is 1. The van der Waals surface area contributed by atoms with Crippen molar-refractivity contribution in [3.05, 3.63) is 78.6 Å². The summed E-state index contributed by atoms with van der Waals surface area (Å²) in [6, 6.07) is 18.2. The molecule has 10 heteroatoms. The van der Waals surface area contributed by atoms with Gasteiger partial charge in [-0.25, -0.2) is 21.2 Å². The van der Waals surface area contributed by atoms with E-state index in [4.69, 9.17) is 0 Å². The number of hydrogen-bond donors (Lipinski definition) is 1. The van der Waals surface area contributed by atoms with E-state index in [1.807, 2.05) is 0 Å². The zero-order valence-corrected chi connectivity index (χ0v) is 20.6. The van der Waals surface area contributed by atoms with E-state index in [9.17, 15) is 26.0 Å². The molecule has 1 aliphatic rings. The third kappa shape index (κ3) is 5.77. The first-order valence-corrected chi connectivity index (χ1v) is 14.3. The van der Waals surface area contributed by atoms with Crippen molar-refractivity contribution in [2.75, 3.05) is 24.7 Å². The van der Waals surface area contributed by atoms with Gasteiger partial charge in [0.15, 0.2) is 9.84 Å². The van der Waals surface area contributed by atoms with Crippen molar-refractivity contribution in [3.8, 4) is 11.1 Å². The van der Waals surface area contributed by atoms with Gasteiger partial charge in [-0.2, -0.15) is 4.31 Å². The molecule has 0 spiro atoms. The van der Waals surface area contributed by atoms with Crippen molar-refractivity contribution < 1.29 is 26.0 Å². The summed E-state index contributed by atoms with van der Waals surface area (Å²) in [5.74, 6) is -1.23. The van der Waals surface area contributed by atoms with Crippen LogP contribution >= 0.6 is 0 Å². The summed E-state index contributed by atoms with van der Waals surface area (Å²) in [7, 11) is -7.11. The Morgan fingerprint density at radius 2 is 1.40 bits per heavy atom. The monoisotopic (exact) mass is 516 g/mol. The lowest BCUT2D eigenvalue weighted by atomic mass is 9.99. The van der Waals surface area contributed by atoms with Crippen LogP contribution in [-0.4, -0.2) is 46.4 Å². The molecule has 3 aromatic carbocycles. The molecule has 4 rings (SSSR count). The molecule has 1 fully saturated rings. The summed E-state index contributed by atoms with van der Waals surface area (Å²) in [5, 5.41) is 2.72. The molecular formula is C25H25FN2O5S2. The second-order valence-corrected chi connectivity index (χ2v) is 12.5. The van der Waals surface area contributed by atoms with Crippen molar-refractivity contribution in [1.29, 1.82) is 0 Å². The van der Waals surface area contributed by atoms with E-state index >= 15 is 0 Å². The Balaban J connectivity index is 1.46. The van der Waals surface area contributed by atoms with E-state index < -0.39 is 31.6 Å². The quantitative estimate of drug-likeness (QED) is 0.535. The molecule has 0 bridgehead atoms. The first-order chi connectivity index (χ1) is 16.5. The SMILES string of the molecule is CS(=O)(=O)c1ccc(-c2ccc(S(=O)(=O)N3CCC[C@@H](C(=O)Nc4ccc(F)cc4)C3)cc2)cc1. The Morgan fingerprint density at radius 3 is 1.94 bits per heavy atom. The summed E-state index contributed by atoms with van der Waals surface area (Å²) in [6.07, 6.45) is 2.24. The average Bonchev–Trinajstić information content (AvgIpc) is 2.85. The molecule has 1 heterocycles. The van der Waals surface area contributed by atoms with Gasteiger partial charge in [0.1, 0.15) is 5.82 Å². The molecule has 1 N–H and O–H groups in total. The molecule has 1 saturated heterocycles. The zero-order valence-electron chi connectivity index (χ0n) is 19.0. The van der Waals surface area contributed by atoms with E-state index in [-0.39, 0.29) is 22.2 Å². The Kier molecular flexibility index (Phi) is 7.07. The number of anilines is 1. The number of benzene rings is 3. The highest BCUT2D eigenvalue weighted by atomic mass is 32.2. The molecule has 0 aliphatic carbocycles. The van der Waals surface area contributed by atoms with E-state index in [1.165, 1.54) is 52.8 Å². The Morgan fingerprint density at radius 1 is 0.857 bits per heavy atom. The van der Waals surface area contributed by atoms with E-state index in [2.05, 4.69) is 5.32 Å². The minimum absolute atomic E-state index is 0.0596. The van der Waals surface area contributed by atoms with Gasteiger partial charge in [-0.15, -0.1) is 0 Å². The zero-order chi connectivity index (χ0) is 25.2. The summed E-state index contributed by atoms with van der Waals surface area (Å²) >= 11 is 0. The molecule has 7 nitrogen and oxygen atoms in total. The molecule has 0 aromatic heterocycles. The third-order valence-electron chi connectivity index (χ3n) is 5.97. The van der Waals surface area contributed by atoms with Gasteiger partial charge in [0.25, 0.3) is 0 Å². The van der Waals surface area contributed by atoms with Gasteiger partial charge in [-0.1, -0.05) is 24.3 Å². The maximum Gasteiger partial charge on any atom is 0.243 e. The van der Waals surface area contributed by atoms with Crippen molar-refractivity contribution in [3.63, 3.8) is 0 Å². The lowest BCUT2D eigenvalue weighted by Gasteiger charge is -2.31. The number of carbonyl (C=O) groups excluding carboxylic acids is 1. The van der Waals surface area contributed by atoms with Crippen molar-refractivity contribution in [2.24, 2.45) is 5.92 Å². The minimum Gasteiger partial charge on any atom is -0.326 e. The molecule has 1 atom stereocenters. The number of halogens is 1. The van der Waals surface area contributed by atoms with Gasteiger partial charge in [0.2, 0.25) is 15.9 Å². The summed E-state index contributed by atoms with van der Waals surface area (Å²) < 4.78 is 64.2. The predicted molar refractivity (Wildman–Crippen MR) is 132 cm³/mol. The van der Waals surface area contributed by atoms with Gasteiger partial charge in [-0.05, 0) is 72.5 Å². The molecule has 35 heavy (non-hydrogen) atoms. The number of sulfonamides is 1. The average molecular weight is 517 g/mol. The van der Waals surface area contributed by atoms with Crippen LogP contribution in [0.1, 0.15) is 12.8 Å². The number of rotatable bonds is 6. The Labute approximate surface area is 204 Å². The smallest absolute Gasteiger partial charge is 0.243 e. The van der Waals surface area contributed by atoms with Crippen LogP contribution in [0.4, 0.5) is 10.1 Å². The number of piperidine rings is 1. The van der Waals surface area contributed by atoms with Crippen LogP contribution in [0.5, 0.6) is 0 Å². The van der Waals surface area contributed by atoms with Gasteiger partial charge in [-0.3, -0.25) is 4.79 Å². The van der Waals surface area contributed by atoms with Crippen LogP contribution in [0.2, 0.25) is 0 Å². The fourth-order valence-electron chi connectivity index (χ4n) is 4.02. The third-order valence-corrected chi connectivity index (χ3v) is 8.98. The number of sulfone groups is 1. The topological polar surface area (TPSA) is 101 Å².